The van der Waals surface area contributed by atoms with Crippen molar-refractivity contribution in [3.63, 3.8) is 0 Å². The van der Waals surface area contributed by atoms with Gasteiger partial charge in [-0.05, 0) is 52.9 Å². The average molecular weight is 476 g/mol. The molecule has 152 valence electrons. The van der Waals surface area contributed by atoms with Crippen molar-refractivity contribution in [2.75, 3.05) is 12.0 Å². The molecule has 0 bridgehead atoms. The van der Waals surface area contributed by atoms with E-state index in [0.717, 1.165) is 32.6 Å². The molecule has 3 rings (SSSR count). The highest BCUT2D eigenvalue weighted by molar-refractivity contribution is 9.10. The van der Waals surface area contributed by atoms with Gasteiger partial charge in [0.1, 0.15) is 18.1 Å². The number of hydrogen-bond donors (Lipinski definition) is 2. The van der Waals surface area contributed by atoms with E-state index in [0.29, 0.717) is 17.9 Å². The second-order valence-electron chi connectivity index (χ2n) is 6.20. The van der Waals surface area contributed by atoms with Crippen LogP contribution in [0.4, 0.5) is 5.82 Å². The first-order chi connectivity index (χ1) is 14.1. The Morgan fingerprint density at radius 3 is 2.83 bits per heavy atom. The van der Waals surface area contributed by atoms with Crippen molar-refractivity contribution in [1.29, 1.82) is 0 Å². The van der Waals surface area contributed by atoms with Gasteiger partial charge in [0.2, 0.25) is 0 Å². The van der Waals surface area contributed by atoms with Gasteiger partial charge >= 0.3 is 5.97 Å². The first kappa shape index (κ1) is 21.4. The number of rotatable bonds is 8. The van der Waals surface area contributed by atoms with Crippen molar-refractivity contribution >= 4 is 39.1 Å². The minimum absolute atomic E-state index is 0.277. The molecule has 3 N–H and O–H groups in total. The van der Waals surface area contributed by atoms with Crippen LogP contribution in [0.2, 0.25) is 0 Å². The maximum atomic E-state index is 13.1. The standard InChI is InChI=1S/C20H22BrN5O2S/c1-3-6-13-17(24-11-25-19(13)26-22)15(20(27)28-4-2)18-12(8-10-29-18)16-14(21)7-5-9-23-16/h5,7-11,15H,3-4,6,22H2,1-2H3,(H,24,25,26). The molecule has 0 radical (unpaired) electrons. The molecule has 0 aliphatic carbocycles. The summed E-state index contributed by atoms with van der Waals surface area (Å²) in [7, 11) is 0. The normalized spacial score (nSPS) is 11.9. The number of esters is 1. The number of ether oxygens (including phenoxy) is 1. The second-order valence-corrected chi connectivity index (χ2v) is 8.00. The number of nitrogens with two attached hydrogens (primary N) is 1. The van der Waals surface area contributed by atoms with Gasteiger partial charge in [0.15, 0.2) is 0 Å². The summed E-state index contributed by atoms with van der Waals surface area (Å²) in [5.41, 5.74) is 5.67. The highest BCUT2D eigenvalue weighted by Crippen LogP contribution is 2.40. The van der Waals surface area contributed by atoms with E-state index in [2.05, 4.69) is 43.2 Å². The second kappa shape index (κ2) is 9.91. The Morgan fingerprint density at radius 1 is 1.31 bits per heavy atom. The molecule has 1 unspecified atom stereocenters. The molecule has 0 aromatic carbocycles. The molecule has 3 heterocycles. The zero-order chi connectivity index (χ0) is 20.8. The highest BCUT2D eigenvalue weighted by Gasteiger charge is 2.33. The molecular formula is C20H22BrN5O2S. The Bertz CT molecular complexity index is 995. The van der Waals surface area contributed by atoms with Gasteiger partial charge in [-0.1, -0.05) is 13.3 Å². The van der Waals surface area contributed by atoms with Gasteiger partial charge in [0, 0.05) is 26.7 Å². The molecule has 3 aromatic heterocycles. The fraction of sp³-hybridized carbons (Fsp3) is 0.300. The number of nitrogen functional groups attached to an aromatic ring is 1. The van der Waals surface area contributed by atoms with Gasteiger partial charge < -0.3 is 10.2 Å². The Hall–Kier alpha value is -2.36. The lowest BCUT2D eigenvalue weighted by Gasteiger charge is -2.20. The largest absolute Gasteiger partial charge is 0.465 e. The lowest BCUT2D eigenvalue weighted by molar-refractivity contribution is -0.143. The van der Waals surface area contributed by atoms with E-state index in [1.54, 1.807) is 13.1 Å². The van der Waals surface area contributed by atoms with Crippen LogP contribution < -0.4 is 11.3 Å². The molecular weight excluding hydrogens is 454 g/mol. The van der Waals surface area contributed by atoms with E-state index in [-0.39, 0.29) is 12.6 Å². The maximum Gasteiger partial charge on any atom is 0.320 e. The first-order valence-corrected chi connectivity index (χ1v) is 10.9. The summed E-state index contributed by atoms with van der Waals surface area (Å²) in [5, 5.41) is 1.95. The lowest BCUT2D eigenvalue weighted by atomic mass is 9.93. The smallest absolute Gasteiger partial charge is 0.320 e. The monoisotopic (exact) mass is 475 g/mol. The first-order valence-electron chi connectivity index (χ1n) is 9.27. The minimum Gasteiger partial charge on any atom is -0.465 e. The molecule has 0 fully saturated rings. The van der Waals surface area contributed by atoms with Crippen LogP contribution in [-0.2, 0) is 16.0 Å². The Labute approximate surface area is 181 Å². The van der Waals surface area contributed by atoms with E-state index < -0.39 is 5.92 Å². The molecule has 3 aromatic rings. The van der Waals surface area contributed by atoms with E-state index in [1.165, 1.54) is 17.7 Å². The maximum absolute atomic E-state index is 13.1. The van der Waals surface area contributed by atoms with Crippen molar-refractivity contribution in [2.45, 2.75) is 32.6 Å². The SMILES string of the molecule is CCCc1c(NN)ncnc1C(C(=O)OCC)c1sccc1-c1ncccc1Br. The predicted octanol–water partition coefficient (Wildman–Crippen LogP) is 4.30. The van der Waals surface area contributed by atoms with Gasteiger partial charge in [-0.25, -0.2) is 15.8 Å². The van der Waals surface area contributed by atoms with Crippen molar-refractivity contribution in [3.8, 4) is 11.3 Å². The number of nitrogens with zero attached hydrogens (tertiary/aromatic N) is 3. The van der Waals surface area contributed by atoms with Crippen LogP contribution in [0.1, 0.15) is 42.3 Å². The molecule has 9 heteroatoms. The Morgan fingerprint density at radius 2 is 2.14 bits per heavy atom. The van der Waals surface area contributed by atoms with Crippen molar-refractivity contribution in [3.05, 3.63) is 56.7 Å². The summed E-state index contributed by atoms with van der Waals surface area (Å²) in [6, 6.07) is 5.74. The summed E-state index contributed by atoms with van der Waals surface area (Å²) in [5.74, 6) is 5.13. The minimum atomic E-state index is -0.699. The predicted molar refractivity (Wildman–Crippen MR) is 118 cm³/mol. The molecule has 7 nitrogen and oxygen atoms in total. The Kier molecular flexibility index (Phi) is 7.29. The summed E-state index contributed by atoms with van der Waals surface area (Å²) in [4.78, 5) is 27.1. The number of carbonyl (C=O) groups is 1. The number of hydrazine groups is 1. The fourth-order valence-corrected chi connectivity index (χ4v) is 4.64. The summed E-state index contributed by atoms with van der Waals surface area (Å²) in [6.07, 6.45) is 4.68. The fourth-order valence-electron chi connectivity index (χ4n) is 3.19. The van der Waals surface area contributed by atoms with Crippen molar-refractivity contribution in [2.24, 2.45) is 5.84 Å². The summed E-state index contributed by atoms with van der Waals surface area (Å²) >= 11 is 5.04. The number of aromatic nitrogens is 3. The van der Waals surface area contributed by atoms with Crippen molar-refractivity contribution < 1.29 is 9.53 Å². The van der Waals surface area contributed by atoms with Gasteiger partial charge in [0.25, 0.3) is 0 Å². The molecule has 0 amide bonds. The van der Waals surface area contributed by atoms with Crippen LogP contribution in [0, 0.1) is 0 Å². The van der Waals surface area contributed by atoms with Crippen LogP contribution in [0.3, 0.4) is 0 Å². The topological polar surface area (TPSA) is 103 Å². The van der Waals surface area contributed by atoms with Gasteiger partial charge in [0.05, 0.1) is 18.0 Å². The summed E-state index contributed by atoms with van der Waals surface area (Å²) in [6.45, 7) is 4.12. The van der Waals surface area contributed by atoms with Crippen LogP contribution in [0.5, 0.6) is 0 Å². The van der Waals surface area contributed by atoms with E-state index in [4.69, 9.17) is 10.6 Å². The number of carbonyl (C=O) groups excluding carboxylic acids is 1. The van der Waals surface area contributed by atoms with Crippen LogP contribution in [0.15, 0.2) is 40.6 Å². The quantitative estimate of drug-likeness (QED) is 0.284. The third-order valence-electron chi connectivity index (χ3n) is 4.38. The molecule has 0 aliphatic heterocycles. The zero-order valence-corrected chi connectivity index (χ0v) is 18.6. The molecule has 0 saturated carbocycles. The molecule has 29 heavy (non-hydrogen) atoms. The zero-order valence-electron chi connectivity index (χ0n) is 16.2. The van der Waals surface area contributed by atoms with E-state index >= 15 is 0 Å². The third-order valence-corrected chi connectivity index (χ3v) is 6.00. The summed E-state index contributed by atoms with van der Waals surface area (Å²) < 4.78 is 6.28. The van der Waals surface area contributed by atoms with E-state index in [1.807, 2.05) is 23.6 Å². The number of hydrogen-bond acceptors (Lipinski definition) is 8. The van der Waals surface area contributed by atoms with Crippen LogP contribution in [0.25, 0.3) is 11.3 Å². The van der Waals surface area contributed by atoms with Crippen LogP contribution >= 0.6 is 27.3 Å². The number of nitrogens with one attached hydrogen (secondary N) is 1. The third kappa shape index (κ3) is 4.47. The number of anilines is 1. The Balaban J connectivity index is 2.22. The molecule has 1 atom stereocenters. The van der Waals surface area contributed by atoms with E-state index in [9.17, 15) is 4.79 Å². The molecule has 0 aliphatic rings. The number of halogens is 1. The number of thiophene rings is 1. The highest BCUT2D eigenvalue weighted by atomic mass is 79.9. The van der Waals surface area contributed by atoms with Gasteiger partial charge in [-0.2, -0.15) is 0 Å². The molecule has 0 saturated heterocycles. The average Bonchev–Trinajstić information content (AvgIpc) is 3.19. The van der Waals surface area contributed by atoms with Crippen molar-refractivity contribution in [1.82, 2.24) is 15.0 Å². The number of pyridine rings is 1. The van der Waals surface area contributed by atoms with Crippen LogP contribution in [-0.4, -0.2) is 27.5 Å². The van der Waals surface area contributed by atoms with Gasteiger partial charge in [-0.3, -0.25) is 9.78 Å². The lowest BCUT2D eigenvalue weighted by Crippen LogP contribution is -2.22. The molecule has 0 spiro atoms. The van der Waals surface area contributed by atoms with Gasteiger partial charge in [-0.15, -0.1) is 11.3 Å².